The third-order valence-corrected chi connectivity index (χ3v) is 8.05. The van der Waals surface area contributed by atoms with Gasteiger partial charge in [0.2, 0.25) is 0 Å². The van der Waals surface area contributed by atoms with E-state index in [1.807, 2.05) is 48.7 Å². The van der Waals surface area contributed by atoms with Gasteiger partial charge in [0.15, 0.2) is 0 Å². The molecule has 0 saturated carbocycles. The largest absolute Gasteiger partial charge is 0.316 e. The lowest BCUT2D eigenvalue weighted by atomic mass is 10.2. The van der Waals surface area contributed by atoms with Crippen LogP contribution in [0.15, 0.2) is 94.9 Å². The number of hydrogen-bond donors (Lipinski definition) is 1. The number of aromatic nitrogens is 1. The van der Waals surface area contributed by atoms with Gasteiger partial charge >= 0.3 is 0 Å². The van der Waals surface area contributed by atoms with Crippen LogP contribution < -0.4 is 9.73 Å². The number of sulfonamides is 1. The predicted molar refractivity (Wildman–Crippen MR) is 148 cm³/mol. The van der Waals surface area contributed by atoms with Gasteiger partial charge in [-0.25, -0.2) is 13.8 Å². The summed E-state index contributed by atoms with van der Waals surface area (Å²) in [7, 11) is -4.02. The summed E-state index contributed by atoms with van der Waals surface area (Å²) in [5, 5.41) is 5.14. The molecule has 1 aromatic heterocycles. The van der Waals surface area contributed by atoms with Crippen LogP contribution in [0, 0.1) is 13.8 Å². The Morgan fingerprint density at radius 3 is 2.30 bits per heavy atom. The molecule has 10 heteroatoms. The molecule has 4 aromatic rings. The van der Waals surface area contributed by atoms with Gasteiger partial charge in [0.05, 0.1) is 27.5 Å². The number of carbonyl (C=O) groups excluding carboxylic acids is 1. The lowest BCUT2D eigenvalue weighted by Crippen LogP contribution is -2.39. The number of benzene rings is 3. The zero-order valence-corrected chi connectivity index (χ0v) is 22.4. The van der Waals surface area contributed by atoms with Crippen molar-refractivity contribution in [1.29, 1.82) is 0 Å². The Balaban J connectivity index is 1.55. The highest BCUT2D eigenvalue weighted by Gasteiger charge is 2.27. The Labute approximate surface area is 226 Å². The number of nitrogens with one attached hydrogen (secondary N) is 1. The van der Waals surface area contributed by atoms with Crippen LogP contribution in [0.5, 0.6) is 0 Å². The fourth-order valence-corrected chi connectivity index (χ4v) is 5.69. The van der Waals surface area contributed by atoms with Crippen molar-refractivity contribution in [3.63, 3.8) is 0 Å². The van der Waals surface area contributed by atoms with Crippen LogP contribution in [-0.2, 0) is 14.8 Å². The van der Waals surface area contributed by atoms with Crippen molar-refractivity contribution >= 4 is 51.0 Å². The topological polar surface area (TPSA) is 83.8 Å². The summed E-state index contributed by atoms with van der Waals surface area (Å²) < 4.78 is 29.7. The molecule has 3 aromatic carbocycles. The summed E-state index contributed by atoms with van der Waals surface area (Å²) in [6, 6.07) is 23.6. The molecule has 0 radical (unpaired) electrons. The first kappa shape index (κ1) is 26.5. The second-order valence-corrected chi connectivity index (χ2v) is 10.9. The molecule has 0 spiro atoms. The Hall–Kier alpha value is -3.59. The van der Waals surface area contributed by atoms with Crippen LogP contribution in [0.25, 0.3) is 5.69 Å². The van der Waals surface area contributed by atoms with Gasteiger partial charge < -0.3 is 4.57 Å². The van der Waals surface area contributed by atoms with Gasteiger partial charge in [-0.15, -0.1) is 0 Å². The minimum absolute atomic E-state index is 0.0632. The second kappa shape index (κ2) is 11.2. The Bertz CT molecular complexity index is 1550. The maximum atomic E-state index is 13.4. The van der Waals surface area contributed by atoms with Crippen LogP contribution >= 0.6 is 23.2 Å². The number of hydrazone groups is 1. The van der Waals surface area contributed by atoms with E-state index in [0.29, 0.717) is 15.7 Å². The average molecular weight is 555 g/mol. The van der Waals surface area contributed by atoms with E-state index in [2.05, 4.69) is 10.5 Å². The summed E-state index contributed by atoms with van der Waals surface area (Å²) in [5.41, 5.74) is 6.19. The minimum Gasteiger partial charge on any atom is -0.316 e. The highest BCUT2D eigenvalue weighted by Crippen LogP contribution is 2.26. The normalized spacial score (nSPS) is 11.6. The maximum Gasteiger partial charge on any atom is 0.264 e. The molecule has 1 heterocycles. The summed E-state index contributed by atoms with van der Waals surface area (Å²) in [4.78, 5) is 12.9. The first-order valence-electron chi connectivity index (χ1n) is 11.3. The van der Waals surface area contributed by atoms with Crippen molar-refractivity contribution in [3.8, 4) is 5.69 Å². The molecule has 7 nitrogen and oxygen atoms in total. The number of hydrogen-bond acceptors (Lipinski definition) is 4. The zero-order chi connectivity index (χ0) is 26.6. The van der Waals surface area contributed by atoms with E-state index < -0.39 is 22.5 Å². The fourth-order valence-electron chi connectivity index (χ4n) is 3.90. The molecule has 0 aliphatic rings. The quantitative estimate of drug-likeness (QED) is 0.222. The summed E-state index contributed by atoms with van der Waals surface area (Å²) in [5.74, 6) is -0.606. The van der Waals surface area contributed by atoms with Crippen molar-refractivity contribution in [2.24, 2.45) is 5.10 Å². The number of rotatable bonds is 8. The number of anilines is 1. The molecule has 0 atom stereocenters. The number of halogens is 2. The number of aryl methyl sites for hydroxylation is 1. The minimum atomic E-state index is -4.02. The van der Waals surface area contributed by atoms with Crippen LogP contribution in [0.1, 0.15) is 17.0 Å². The summed E-state index contributed by atoms with van der Waals surface area (Å²) >= 11 is 12.4. The van der Waals surface area contributed by atoms with Crippen molar-refractivity contribution in [2.75, 3.05) is 10.8 Å². The van der Waals surface area contributed by atoms with Crippen LogP contribution in [0.3, 0.4) is 0 Å². The fraction of sp³-hybridized carbons (Fsp3) is 0.111. The molecule has 1 N–H and O–H groups in total. The molecule has 0 saturated heterocycles. The molecule has 0 bridgehead atoms. The molecule has 4 rings (SSSR count). The van der Waals surface area contributed by atoms with Gasteiger partial charge in [-0.2, -0.15) is 5.10 Å². The third-order valence-electron chi connectivity index (χ3n) is 5.69. The highest BCUT2D eigenvalue weighted by molar-refractivity contribution is 7.92. The van der Waals surface area contributed by atoms with Crippen molar-refractivity contribution in [1.82, 2.24) is 9.99 Å². The number of para-hydroxylation sites is 1. The smallest absolute Gasteiger partial charge is 0.264 e. The molecule has 1 amide bonds. The van der Waals surface area contributed by atoms with Crippen LogP contribution in [0.4, 0.5) is 5.69 Å². The molecule has 190 valence electrons. The SMILES string of the molecule is Cc1cc(/C=N\NC(=O)CN(c2ccc(Cl)cc2)S(=O)(=O)c2ccccc2)c(C)n1-c1ccccc1Cl. The Morgan fingerprint density at radius 2 is 1.62 bits per heavy atom. The van der Waals surface area contributed by atoms with Gasteiger partial charge in [-0.05, 0) is 68.4 Å². The second-order valence-electron chi connectivity index (χ2n) is 8.21. The molecule has 37 heavy (non-hydrogen) atoms. The monoisotopic (exact) mass is 554 g/mol. The maximum absolute atomic E-state index is 13.4. The van der Waals surface area contributed by atoms with Crippen molar-refractivity contribution < 1.29 is 13.2 Å². The van der Waals surface area contributed by atoms with Gasteiger partial charge in [0, 0.05) is 22.0 Å². The Morgan fingerprint density at radius 1 is 0.973 bits per heavy atom. The molecular formula is C27H24Cl2N4O3S. The van der Waals surface area contributed by atoms with E-state index in [0.717, 1.165) is 26.9 Å². The third kappa shape index (κ3) is 5.88. The number of amides is 1. The van der Waals surface area contributed by atoms with Gasteiger partial charge in [0.1, 0.15) is 6.54 Å². The molecule has 0 fully saturated rings. The van der Waals surface area contributed by atoms with E-state index in [1.54, 1.807) is 42.5 Å². The standard InChI is InChI=1S/C27H24Cl2N4O3S/c1-19-16-21(20(2)33(19)26-11-7-6-10-25(26)29)17-30-31-27(34)18-32(23-14-12-22(28)13-15-23)37(35,36)24-8-4-3-5-9-24/h3-17H,18H2,1-2H3,(H,31,34)/b30-17-. The van der Waals surface area contributed by atoms with E-state index in [4.69, 9.17) is 23.2 Å². The zero-order valence-electron chi connectivity index (χ0n) is 20.1. The number of nitrogens with zero attached hydrogens (tertiary/aromatic N) is 3. The van der Waals surface area contributed by atoms with E-state index >= 15 is 0 Å². The average Bonchev–Trinajstić information content (AvgIpc) is 3.16. The molecular weight excluding hydrogens is 531 g/mol. The van der Waals surface area contributed by atoms with Crippen molar-refractivity contribution in [2.45, 2.75) is 18.7 Å². The highest BCUT2D eigenvalue weighted by atomic mass is 35.5. The predicted octanol–water partition coefficient (Wildman–Crippen LogP) is 5.75. The van der Waals surface area contributed by atoms with Crippen LogP contribution in [-0.4, -0.2) is 31.7 Å². The van der Waals surface area contributed by atoms with E-state index in [9.17, 15) is 13.2 Å². The summed E-state index contributed by atoms with van der Waals surface area (Å²) in [6.45, 7) is 3.40. The molecule has 0 aliphatic heterocycles. The van der Waals surface area contributed by atoms with Gasteiger partial charge in [-0.3, -0.25) is 9.10 Å². The lowest BCUT2D eigenvalue weighted by molar-refractivity contribution is -0.119. The van der Waals surface area contributed by atoms with E-state index in [-0.39, 0.29) is 4.90 Å². The number of carbonyl (C=O) groups is 1. The van der Waals surface area contributed by atoms with Gasteiger partial charge in [0.25, 0.3) is 15.9 Å². The first-order valence-corrected chi connectivity index (χ1v) is 13.5. The van der Waals surface area contributed by atoms with E-state index in [1.165, 1.54) is 18.3 Å². The molecule has 0 unspecified atom stereocenters. The Kier molecular flexibility index (Phi) is 8.02. The summed E-state index contributed by atoms with van der Waals surface area (Å²) in [6.07, 6.45) is 1.52. The first-order chi connectivity index (χ1) is 17.7. The molecule has 0 aliphatic carbocycles. The van der Waals surface area contributed by atoms with Crippen LogP contribution in [0.2, 0.25) is 10.0 Å². The lowest BCUT2D eigenvalue weighted by Gasteiger charge is -2.23. The van der Waals surface area contributed by atoms with Crippen molar-refractivity contribution in [3.05, 3.63) is 112 Å². The van der Waals surface area contributed by atoms with Gasteiger partial charge in [-0.1, -0.05) is 53.5 Å².